The summed E-state index contributed by atoms with van der Waals surface area (Å²) in [6.07, 6.45) is 0.180. The Morgan fingerprint density at radius 1 is 1.16 bits per heavy atom. The number of rotatable bonds is 7. The second-order valence-electron chi connectivity index (χ2n) is 6.82. The van der Waals surface area contributed by atoms with Gasteiger partial charge < -0.3 is 15.4 Å². The quantitative estimate of drug-likeness (QED) is 0.494. The highest BCUT2D eigenvalue weighted by Gasteiger charge is 2.17. The lowest BCUT2D eigenvalue weighted by molar-refractivity contribution is -0.384. The Balaban J connectivity index is 1.65. The summed E-state index contributed by atoms with van der Waals surface area (Å²) in [5.74, 6) is -1.73. The molecule has 3 rings (SSSR count). The van der Waals surface area contributed by atoms with Crippen LogP contribution < -0.4 is 10.6 Å². The molecule has 1 aliphatic heterocycles. The SMILES string of the molecule is O=C(CCN1CCOCC1)Nc1cc(NC(=O)c2cc([N+](=O)[O-])ccc2Cl)ccc1F. The number of nitrogens with one attached hydrogen (secondary N) is 2. The number of morpholine rings is 1. The van der Waals surface area contributed by atoms with Gasteiger partial charge in [-0.05, 0) is 24.3 Å². The predicted octanol–water partition coefficient (Wildman–Crippen LogP) is 3.30. The maximum Gasteiger partial charge on any atom is 0.270 e. The molecule has 1 fully saturated rings. The Labute approximate surface area is 182 Å². The van der Waals surface area contributed by atoms with Gasteiger partial charge in [0.05, 0.1) is 34.4 Å². The molecular formula is C20H20ClFN4O5. The Morgan fingerprint density at radius 2 is 1.90 bits per heavy atom. The standard InChI is InChI=1S/C20H20ClFN4O5/c21-16-3-2-14(26(29)30)12-15(16)20(28)23-13-1-4-17(22)18(11-13)24-19(27)5-6-25-7-9-31-10-8-25/h1-4,11-12H,5-10H2,(H,23,28)(H,24,27). The number of nitrogens with zero attached hydrogens (tertiary/aromatic N) is 2. The molecule has 1 aliphatic rings. The zero-order chi connectivity index (χ0) is 22.4. The van der Waals surface area contributed by atoms with Crippen LogP contribution >= 0.6 is 11.6 Å². The summed E-state index contributed by atoms with van der Waals surface area (Å²) >= 11 is 5.97. The van der Waals surface area contributed by atoms with Gasteiger partial charge in [-0.25, -0.2) is 4.39 Å². The minimum absolute atomic E-state index is 0.0295. The van der Waals surface area contributed by atoms with Crippen LogP contribution in [0.25, 0.3) is 0 Å². The third-order valence-corrected chi connectivity index (χ3v) is 4.99. The van der Waals surface area contributed by atoms with E-state index in [1.807, 2.05) is 0 Å². The topological polar surface area (TPSA) is 114 Å². The molecule has 0 atom stereocenters. The zero-order valence-corrected chi connectivity index (χ0v) is 17.2. The van der Waals surface area contributed by atoms with Crippen LogP contribution in [0.15, 0.2) is 36.4 Å². The summed E-state index contributed by atoms with van der Waals surface area (Å²) in [5, 5.41) is 16.0. The van der Waals surface area contributed by atoms with E-state index < -0.39 is 16.6 Å². The number of carbonyl (C=O) groups excluding carboxylic acids is 2. The number of benzene rings is 2. The first-order valence-corrected chi connectivity index (χ1v) is 9.86. The number of hydrogen-bond donors (Lipinski definition) is 2. The molecule has 11 heteroatoms. The number of hydrogen-bond acceptors (Lipinski definition) is 6. The highest BCUT2D eigenvalue weighted by Crippen LogP contribution is 2.25. The number of carbonyl (C=O) groups is 2. The van der Waals surface area contributed by atoms with Crippen LogP contribution in [-0.4, -0.2) is 54.5 Å². The van der Waals surface area contributed by atoms with Crippen LogP contribution in [0.1, 0.15) is 16.8 Å². The van der Waals surface area contributed by atoms with Gasteiger partial charge in [0.15, 0.2) is 0 Å². The molecule has 31 heavy (non-hydrogen) atoms. The minimum Gasteiger partial charge on any atom is -0.379 e. The maximum atomic E-state index is 14.1. The normalized spacial score (nSPS) is 14.1. The number of non-ortho nitro benzene ring substituents is 1. The fourth-order valence-corrected chi connectivity index (χ4v) is 3.20. The van der Waals surface area contributed by atoms with E-state index in [2.05, 4.69) is 15.5 Å². The molecule has 2 aromatic rings. The molecule has 1 saturated heterocycles. The van der Waals surface area contributed by atoms with Crippen molar-refractivity contribution in [3.05, 3.63) is 62.9 Å². The number of anilines is 2. The van der Waals surface area contributed by atoms with E-state index in [-0.39, 0.29) is 40.0 Å². The van der Waals surface area contributed by atoms with Gasteiger partial charge in [-0.3, -0.25) is 24.6 Å². The summed E-state index contributed by atoms with van der Waals surface area (Å²) in [6, 6.07) is 7.16. The first kappa shape index (κ1) is 22.6. The second kappa shape index (κ2) is 10.3. The van der Waals surface area contributed by atoms with E-state index in [4.69, 9.17) is 16.3 Å². The van der Waals surface area contributed by atoms with E-state index in [0.717, 1.165) is 25.2 Å². The van der Waals surface area contributed by atoms with Gasteiger partial charge in [-0.15, -0.1) is 0 Å². The largest absolute Gasteiger partial charge is 0.379 e. The van der Waals surface area contributed by atoms with Gasteiger partial charge in [-0.1, -0.05) is 11.6 Å². The third kappa shape index (κ3) is 6.20. The van der Waals surface area contributed by atoms with E-state index in [1.54, 1.807) is 0 Å². The fourth-order valence-electron chi connectivity index (χ4n) is 3.00. The van der Waals surface area contributed by atoms with Crippen LogP contribution in [0.2, 0.25) is 5.02 Å². The van der Waals surface area contributed by atoms with E-state index in [0.29, 0.717) is 19.8 Å². The molecule has 2 amide bonds. The van der Waals surface area contributed by atoms with Crippen molar-refractivity contribution < 1.29 is 23.6 Å². The summed E-state index contributed by atoms with van der Waals surface area (Å²) in [5.41, 5.74) is -0.287. The lowest BCUT2D eigenvalue weighted by Crippen LogP contribution is -2.38. The third-order valence-electron chi connectivity index (χ3n) is 4.66. The van der Waals surface area contributed by atoms with Crippen molar-refractivity contribution in [1.82, 2.24) is 4.90 Å². The number of amides is 2. The Bertz CT molecular complexity index is 998. The molecule has 0 saturated carbocycles. The summed E-state index contributed by atoms with van der Waals surface area (Å²) < 4.78 is 19.4. The number of nitro benzene ring substituents is 1. The van der Waals surface area contributed by atoms with E-state index in [1.165, 1.54) is 24.3 Å². The Morgan fingerprint density at radius 3 is 2.61 bits per heavy atom. The Kier molecular flexibility index (Phi) is 7.50. The van der Waals surface area contributed by atoms with Crippen LogP contribution in [-0.2, 0) is 9.53 Å². The molecule has 0 unspecified atom stereocenters. The molecule has 0 radical (unpaired) electrons. The first-order valence-electron chi connectivity index (χ1n) is 9.48. The number of nitro groups is 1. The van der Waals surface area contributed by atoms with Crippen molar-refractivity contribution in [2.45, 2.75) is 6.42 Å². The lowest BCUT2D eigenvalue weighted by atomic mass is 10.1. The smallest absolute Gasteiger partial charge is 0.270 e. The molecule has 0 aliphatic carbocycles. The van der Waals surface area contributed by atoms with Crippen LogP contribution in [0, 0.1) is 15.9 Å². The molecular weight excluding hydrogens is 431 g/mol. The maximum absolute atomic E-state index is 14.1. The molecule has 164 valence electrons. The first-order chi connectivity index (χ1) is 14.8. The van der Waals surface area contributed by atoms with Crippen molar-refractivity contribution >= 4 is 40.5 Å². The van der Waals surface area contributed by atoms with Crippen molar-refractivity contribution in [2.75, 3.05) is 43.5 Å². The van der Waals surface area contributed by atoms with Crippen LogP contribution in [0.3, 0.4) is 0 Å². The van der Waals surface area contributed by atoms with Gasteiger partial charge in [0.25, 0.3) is 11.6 Å². The van der Waals surface area contributed by atoms with Crippen molar-refractivity contribution in [3.63, 3.8) is 0 Å². The molecule has 0 bridgehead atoms. The monoisotopic (exact) mass is 450 g/mol. The summed E-state index contributed by atoms with van der Waals surface area (Å²) in [6.45, 7) is 3.24. The summed E-state index contributed by atoms with van der Waals surface area (Å²) in [4.78, 5) is 37.1. The molecule has 2 N–H and O–H groups in total. The average Bonchev–Trinajstić information content (AvgIpc) is 2.75. The molecule has 0 spiro atoms. The summed E-state index contributed by atoms with van der Waals surface area (Å²) in [7, 11) is 0. The molecule has 0 aromatic heterocycles. The van der Waals surface area contributed by atoms with Crippen LogP contribution in [0.4, 0.5) is 21.5 Å². The zero-order valence-electron chi connectivity index (χ0n) is 16.4. The van der Waals surface area contributed by atoms with Gasteiger partial charge >= 0.3 is 0 Å². The molecule has 2 aromatic carbocycles. The highest BCUT2D eigenvalue weighted by atomic mass is 35.5. The van der Waals surface area contributed by atoms with Gasteiger partial charge in [0, 0.05) is 43.9 Å². The minimum atomic E-state index is -0.704. The van der Waals surface area contributed by atoms with Gasteiger partial charge in [-0.2, -0.15) is 0 Å². The molecule has 9 nitrogen and oxygen atoms in total. The van der Waals surface area contributed by atoms with E-state index >= 15 is 0 Å². The Hall–Kier alpha value is -3.08. The predicted molar refractivity (Wildman–Crippen MR) is 113 cm³/mol. The van der Waals surface area contributed by atoms with Crippen molar-refractivity contribution in [2.24, 2.45) is 0 Å². The lowest BCUT2D eigenvalue weighted by Gasteiger charge is -2.26. The highest BCUT2D eigenvalue weighted by molar-refractivity contribution is 6.34. The number of halogens is 2. The fraction of sp³-hybridized carbons (Fsp3) is 0.300. The molecule has 1 heterocycles. The average molecular weight is 451 g/mol. The van der Waals surface area contributed by atoms with Crippen LogP contribution in [0.5, 0.6) is 0 Å². The van der Waals surface area contributed by atoms with Gasteiger partial charge in [0.2, 0.25) is 5.91 Å². The van der Waals surface area contributed by atoms with Crippen molar-refractivity contribution in [3.8, 4) is 0 Å². The van der Waals surface area contributed by atoms with Gasteiger partial charge in [0.1, 0.15) is 5.82 Å². The van der Waals surface area contributed by atoms with Crippen molar-refractivity contribution in [1.29, 1.82) is 0 Å². The van der Waals surface area contributed by atoms with E-state index in [9.17, 15) is 24.1 Å². The second-order valence-corrected chi connectivity index (χ2v) is 7.23. The number of ether oxygens (including phenoxy) is 1.